The topological polar surface area (TPSA) is 75.7 Å². The molecule has 0 spiro atoms. The first-order valence-corrected chi connectivity index (χ1v) is 10.6. The molecular formula is C21H25FN2O4S. The van der Waals surface area contributed by atoms with Crippen LogP contribution >= 0.6 is 0 Å². The van der Waals surface area contributed by atoms with E-state index in [1.165, 1.54) is 25.3 Å². The minimum absolute atomic E-state index is 0.152. The molecule has 0 radical (unpaired) electrons. The van der Waals surface area contributed by atoms with Gasteiger partial charge in [-0.3, -0.25) is 4.79 Å². The van der Waals surface area contributed by atoms with Crippen LogP contribution < -0.4 is 5.32 Å². The van der Waals surface area contributed by atoms with Gasteiger partial charge in [0.1, 0.15) is 5.82 Å². The normalized spacial score (nSPS) is 11.8. The third-order valence-electron chi connectivity index (χ3n) is 4.07. The molecule has 29 heavy (non-hydrogen) atoms. The summed E-state index contributed by atoms with van der Waals surface area (Å²) in [5.74, 6) is -0.802. The van der Waals surface area contributed by atoms with Crippen LogP contribution in [0, 0.1) is 5.82 Å². The Hall–Kier alpha value is -2.55. The van der Waals surface area contributed by atoms with Gasteiger partial charge >= 0.3 is 0 Å². The number of ether oxygens (including phenoxy) is 1. The highest BCUT2D eigenvalue weighted by molar-refractivity contribution is 7.92. The van der Waals surface area contributed by atoms with Gasteiger partial charge in [0, 0.05) is 32.2 Å². The van der Waals surface area contributed by atoms with Crippen molar-refractivity contribution in [3.05, 3.63) is 76.9 Å². The first kappa shape index (κ1) is 22.7. The number of hydrogen-bond donors (Lipinski definition) is 1. The van der Waals surface area contributed by atoms with Crippen molar-refractivity contribution in [1.29, 1.82) is 0 Å². The lowest BCUT2D eigenvalue weighted by atomic mass is 10.2. The standard InChI is InChI=1S/C21H25FN2O4S/c1-28-14-5-13-24(29(26,27)15-12-18-6-3-2-4-7-18)17-21(25)23-16-19-8-10-20(22)11-9-19/h2-4,6-12,15H,5,13-14,16-17H2,1H3,(H,23,25)/b15-12+. The summed E-state index contributed by atoms with van der Waals surface area (Å²) < 4.78 is 44.5. The van der Waals surface area contributed by atoms with Crippen LogP contribution in [0.4, 0.5) is 4.39 Å². The summed E-state index contributed by atoms with van der Waals surface area (Å²) in [5, 5.41) is 3.76. The molecule has 156 valence electrons. The van der Waals surface area contributed by atoms with Crippen LogP contribution in [0.2, 0.25) is 0 Å². The predicted molar refractivity (Wildman–Crippen MR) is 111 cm³/mol. The van der Waals surface area contributed by atoms with E-state index >= 15 is 0 Å². The second kappa shape index (κ2) is 11.5. The lowest BCUT2D eigenvalue weighted by Crippen LogP contribution is -2.40. The number of halogens is 1. The van der Waals surface area contributed by atoms with E-state index in [4.69, 9.17) is 4.74 Å². The fraction of sp³-hybridized carbons (Fsp3) is 0.286. The Balaban J connectivity index is 2.02. The third-order valence-corrected chi connectivity index (χ3v) is 5.58. The molecule has 0 fully saturated rings. The molecule has 2 aromatic rings. The summed E-state index contributed by atoms with van der Waals surface area (Å²) in [7, 11) is -2.27. The lowest BCUT2D eigenvalue weighted by molar-refractivity contribution is -0.121. The number of rotatable bonds is 11. The quantitative estimate of drug-likeness (QED) is 0.567. The molecule has 0 bridgehead atoms. The Morgan fingerprint density at radius 3 is 2.48 bits per heavy atom. The van der Waals surface area contributed by atoms with Crippen molar-refractivity contribution in [1.82, 2.24) is 9.62 Å². The van der Waals surface area contributed by atoms with Gasteiger partial charge in [-0.05, 0) is 35.8 Å². The minimum Gasteiger partial charge on any atom is -0.385 e. The highest BCUT2D eigenvalue weighted by Crippen LogP contribution is 2.09. The maximum atomic E-state index is 13.0. The highest BCUT2D eigenvalue weighted by Gasteiger charge is 2.21. The van der Waals surface area contributed by atoms with E-state index in [2.05, 4.69) is 5.32 Å². The second-order valence-corrected chi connectivity index (χ2v) is 8.16. The number of sulfonamides is 1. The third kappa shape index (κ3) is 8.15. The van der Waals surface area contributed by atoms with Crippen molar-refractivity contribution in [2.24, 2.45) is 0 Å². The summed E-state index contributed by atoms with van der Waals surface area (Å²) in [6, 6.07) is 14.8. The van der Waals surface area contributed by atoms with Crippen LogP contribution in [0.15, 0.2) is 60.0 Å². The lowest BCUT2D eigenvalue weighted by Gasteiger charge is -2.20. The molecule has 0 saturated heterocycles. The molecular weight excluding hydrogens is 395 g/mol. The zero-order valence-corrected chi connectivity index (χ0v) is 17.1. The molecule has 0 atom stereocenters. The molecule has 1 amide bonds. The summed E-state index contributed by atoms with van der Waals surface area (Å²) >= 11 is 0. The Labute approximate surface area is 171 Å². The molecule has 2 rings (SSSR count). The fourth-order valence-corrected chi connectivity index (χ4v) is 3.70. The van der Waals surface area contributed by atoms with Crippen LogP contribution in [-0.4, -0.2) is 45.4 Å². The number of methoxy groups -OCH3 is 1. The SMILES string of the molecule is COCCCN(CC(=O)NCc1ccc(F)cc1)S(=O)(=O)/C=C/c1ccccc1. The molecule has 0 aliphatic heterocycles. The van der Waals surface area contributed by atoms with Crippen molar-refractivity contribution in [2.75, 3.05) is 26.8 Å². The summed E-state index contributed by atoms with van der Waals surface area (Å²) in [6.07, 6.45) is 1.95. The number of hydrogen-bond acceptors (Lipinski definition) is 4. The van der Waals surface area contributed by atoms with Crippen LogP contribution in [0.25, 0.3) is 6.08 Å². The van der Waals surface area contributed by atoms with Crippen LogP contribution in [-0.2, 0) is 26.1 Å². The van der Waals surface area contributed by atoms with Gasteiger partial charge in [0.2, 0.25) is 15.9 Å². The smallest absolute Gasteiger partial charge is 0.236 e. The van der Waals surface area contributed by atoms with Crippen molar-refractivity contribution >= 4 is 22.0 Å². The highest BCUT2D eigenvalue weighted by atomic mass is 32.2. The molecule has 0 saturated carbocycles. The molecule has 0 aliphatic rings. The molecule has 1 N–H and O–H groups in total. The molecule has 0 aliphatic carbocycles. The van der Waals surface area contributed by atoms with E-state index in [1.807, 2.05) is 18.2 Å². The van der Waals surface area contributed by atoms with E-state index in [0.29, 0.717) is 13.0 Å². The molecule has 0 unspecified atom stereocenters. The Morgan fingerprint density at radius 1 is 1.14 bits per heavy atom. The number of benzene rings is 2. The number of carbonyl (C=O) groups excluding carboxylic acids is 1. The van der Waals surface area contributed by atoms with Crippen LogP contribution in [0.3, 0.4) is 0 Å². The van der Waals surface area contributed by atoms with Gasteiger partial charge in [0.15, 0.2) is 0 Å². The van der Waals surface area contributed by atoms with E-state index < -0.39 is 15.9 Å². The summed E-state index contributed by atoms with van der Waals surface area (Å²) in [4.78, 5) is 12.3. The van der Waals surface area contributed by atoms with Gasteiger partial charge in [-0.25, -0.2) is 12.8 Å². The number of carbonyl (C=O) groups is 1. The summed E-state index contributed by atoms with van der Waals surface area (Å²) in [6.45, 7) is 0.405. The van der Waals surface area contributed by atoms with E-state index in [9.17, 15) is 17.6 Å². The van der Waals surface area contributed by atoms with Gasteiger partial charge in [-0.2, -0.15) is 4.31 Å². The number of amides is 1. The van der Waals surface area contributed by atoms with Gasteiger partial charge in [-0.15, -0.1) is 0 Å². The maximum Gasteiger partial charge on any atom is 0.236 e. The van der Waals surface area contributed by atoms with Gasteiger partial charge in [0.05, 0.1) is 6.54 Å². The Kier molecular flexibility index (Phi) is 8.98. The van der Waals surface area contributed by atoms with Crippen molar-refractivity contribution in [2.45, 2.75) is 13.0 Å². The average Bonchev–Trinajstić information content (AvgIpc) is 2.72. The monoisotopic (exact) mass is 420 g/mol. The van der Waals surface area contributed by atoms with Crippen LogP contribution in [0.1, 0.15) is 17.5 Å². The molecule has 0 aromatic heterocycles. The van der Waals surface area contributed by atoms with Crippen molar-refractivity contribution < 1.29 is 22.3 Å². The first-order chi connectivity index (χ1) is 13.9. The van der Waals surface area contributed by atoms with E-state index in [0.717, 1.165) is 20.8 Å². The molecule has 2 aromatic carbocycles. The predicted octanol–water partition coefficient (Wildman–Crippen LogP) is 2.78. The van der Waals surface area contributed by atoms with Gasteiger partial charge < -0.3 is 10.1 Å². The number of nitrogens with one attached hydrogen (secondary N) is 1. The largest absolute Gasteiger partial charge is 0.385 e. The van der Waals surface area contributed by atoms with E-state index in [-0.39, 0.29) is 25.5 Å². The van der Waals surface area contributed by atoms with Gasteiger partial charge in [0.25, 0.3) is 0 Å². The Bertz CT molecular complexity index is 900. The molecule has 6 nitrogen and oxygen atoms in total. The first-order valence-electron chi connectivity index (χ1n) is 9.14. The maximum absolute atomic E-state index is 13.0. The average molecular weight is 421 g/mol. The summed E-state index contributed by atoms with van der Waals surface area (Å²) in [5.41, 5.74) is 1.46. The molecule has 8 heteroatoms. The Morgan fingerprint density at radius 2 is 1.83 bits per heavy atom. The minimum atomic E-state index is -3.80. The van der Waals surface area contributed by atoms with Crippen molar-refractivity contribution in [3.63, 3.8) is 0 Å². The fourth-order valence-electron chi connectivity index (χ4n) is 2.52. The zero-order valence-electron chi connectivity index (χ0n) is 16.3. The second-order valence-electron chi connectivity index (χ2n) is 6.34. The zero-order chi connectivity index (χ0) is 21.1. The van der Waals surface area contributed by atoms with Gasteiger partial charge in [-0.1, -0.05) is 42.5 Å². The van der Waals surface area contributed by atoms with Crippen LogP contribution in [0.5, 0.6) is 0 Å². The van der Waals surface area contributed by atoms with Crippen molar-refractivity contribution in [3.8, 4) is 0 Å². The van der Waals surface area contributed by atoms with E-state index in [1.54, 1.807) is 24.3 Å². The number of nitrogens with zero attached hydrogens (tertiary/aromatic N) is 1. The molecule has 0 heterocycles.